The van der Waals surface area contributed by atoms with E-state index in [0.29, 0.717) is 5.82 Å². The van der Waals surface area contributed by atoms with Gasteiger partial charge in [0.25, 0.3) is 0 Å². The fourth-order valence-electron chi connectivity index (χ4n) is 9.05. The van der Waals surface area contributed by atoms with Gasteiger partial charge < -0.3 is 0 Å². The lowest BCUT2D eigenvalue weighted by molar-refractivity contribution is 1.11. The lowest BCUT2D eigenvalue weighted by Gasteiger charge is -2.18. The minimum atomic E-state index is 0.686. The van der Waals surface area contributed by atoms with Crippen LogP contribution >= 0.6 is 0 Å². The van der Waals surface area contributed by atoms with E-state index in [4.69, 9.17) is 15.0 Å². The first-order valence-electron chi connectivity index (χ1n) is 21.6. The van der Waals surface area contributed by atoms with Crippen LogP contribution in [0.15, 0.2) is 237 Å². The molecule has 0 aliphatic heterocycles. The Bertz CT molecular complexity index is 3500. The van der Waals surface area contributed by atoms with Gasteiger partial charge in [0.1, 0.15) is 0 Å². The molecule has 0 unspecified atom stereocenters. The maximum Gasteiger partial charge on any atom is 0.220 e. The molecule has 0 saturated heterocycles. The van der Waals surface area contributed by atoms with Crippen molar-refractivity contribution in [2.75, 3.05) is 0 Å². The molecule has 0 aliphatic carbocycles. The normalized spacial score (nSPS) is 11.4. The molecular formula is C59H39N5. The molecule has 0 atom stereocenters. The Morgan fingerprint density at radius 3 is 1.27 bits per heavy atom. The Balaban J connectivity index is 1.06. The Labute approximate surface area is 370 Å². The molecule has 0 aliphatic rings. The first-order chi connectivity index (χ1) is 31.7. The van der Waals surface area contributed by atoms with Gasteiger partial charge in [0.2, 0.25) is 5.78 Å². The lowest BCUT2D eigenvalue weighted by Crippen LogP contribution is -2.01. The number of benzene rings is 9. The number of rotatable bonds is 8. The molecule has 0 bridgehead atoms. The van der Waals surface area contributed by atoms with Crippen LogP contribution in [0.1, 0.15) is 0 Å². The summed E-state index contributed by atoms with van der Waals surface area (Å²) in [6.07, 6.45) is 0. The molecule has 0 radical (unpaired) electrons. The van der Waals surface area contributed by atoms with Gasteiger partial charge in [-0.1, -0.05) is 206 Å². The number of imidazole rings is 2. The molecule has 64 heavy (non-hydrogen) atoms. The number of fused-ring (bicyclic) bond motifs is 5. The average molecular weight is 818 g/mol. The van der Waals surface area contributed by atoms with Crippen LogP contribution in [0.4, 0.5) is 0 Å². The van der Waals surface area contributed by atoms with Gasteiger partial charge in [-0.2, -0.15) is 0 Å². The third-order valence-corrected chi connectivity index (χ3v) is 12.2. The molecule has 3 aromatic heterocycles. The maximum atomic E-state index is 5.45. The van der Waals surface area contributed by atoms with E-state index in [9.17, 15) is 0 Å². The summed E-state index contributed by atoms with van der Waals surface area (Å²) in [5, 5.41) is 0. The SMILES string of the molecule is c1ccc(-c2ccc3nc4n(-c5c(-c6ccccc6)cccc5-c5ccccc5)c5ccc(-c6ccc(-c7nc(-c8ccccc8)cc(-c8ccccc8)n7)cc6)cc5n4c3c2)cc1. The van der Waals surface area contributed by atoms with E-state index in [2.05, 4.69) is 209 Å². The number of para-hydroxylation sites is 1. The van der Waals surface area contributed by atoms with Gasteiger partial charge in [-0.3, -0.25) is 8.97 Å². The van der Waals surface area contributed by atoms with Crippen LogP contribution in [0.3, 0.4) is 0 Å². The Hall–Kier alpha value is -8.67. The van der Waals surface area contributed by atoms with E-state index in [-0.39, 0.29) is 0 Å². The zero-order valence-corrected chi connectivity index (χ0v) is 34.8. The second kappa shape index (κ2) is 15.7. The Morgan fingerprint density at radius 1 is 0.281 bits per heavy atom. The topological polar surface area (TPSA) is 48.0 Å². The van der Waals surface area contributed by atoms with Crippen molar-refractivity contribution < 1.29 is 0 Å². The zero-order valence-electron chi connectivity index (χ0n) is 34.8. The van der Waals surface area contributed by atoms with Crippen molar-refractivity contribution in [1.82, 2.24) is 23.9 Å². The minimum absolute atomic E-state index is 0.686. The van der Waals surface area contributed by atoms with E-state index in [1.807, 2.05) is 36.4 Å². The zero-order chi connectivity index (χ0) is 42.4. The van der Waals surface area contributed by atoms with Gasteiger partial charge in [0.05, 0.1) is 39.1 Å². The third-order valence-electron chi connectivity index (χ3n) is 12.2. The van der Waals surface area contributed by atoms with Gasteiger partial charge in [0.15, 0.2) is 5.82 Å². The maximum absolute atomic E-state index is 5.45. The molecule has 9 aromatic carbocycles. The average Bonchev–Trinajstić information content (AvgIpc) is 3.91. The summed E-state index contributed by atoms with van der Waals surface area (Å²) in [6.45, 7) is 0. The number of aromatic nitrogens is 5. The van der Waals surface area contributed by atoms with Crippen molar-refractivity contribution in [3.05, 3.63) is 237 Å². The fourth-order valence-corrected chi connectivity index (χ4v) is 9.05. The van der Waals surface area contributed by atoms with Crippen molar-refractivity contribution in [1.29, 1.82) is 0 Å². The summed E-state index contributed by atoms with van der Waals surface area (Å²) in [4.78, 5) is 15.6. The van der Waals surface area contributed by atoms with Crippen LogP contribution in [0.5, 0.6) is 0 Å². The van der Waals surface area contributed by atoms with Crippen molar-refractivity contribution in [2.24, 2.45) is 0 Å². The van der Waals surface area contributed by atoms with Crippen LogP contribution in [-0.4, -0.2) is 23.9 Å². The highest BCUT2D eigenvalue weighted by Crippen LogP contribution is 2.41. The highest BCUT2D eigenvalue weighted by atomic mass is 15.2. The van der Waals surface area contributed by atoms with E-state index in [1.165, 1.54) is 5.56 Å². The lowest BCUT2D eigenvalue weighted by atomic mass is 9.95. The number of hydrogen-bond donors (Lipinski definition) is 0. The largest absolute Gasteiger partial charge is 0.277 e. The summed E-state index contributed by atoms with van der Waals surface area (Å²) in [5.41, 5.74) is 19.1. The molecule has 5 nitrogen and oxygen atoms in total. The fraction of sp³-hybridized carbons (Fsp3) is 0. The summed E-state index contributed by atoms with van der Waals surface area (Å²) in [5.74, 6) is 1.54. The molecular weight excluding hydrogens is 779 g/mol. The third kappa shape index (κ3) is 6.55. The number of nitrogens with zero attached hydrogens (tertiary/aromatic N) is 5. The standard InChI is InChI=1S/C59H39N5/c1-6-17-40(18-7-1)47-33-35-51-55(37-47)63-56-38-48(41-29-31-46(32-30-41)58-60-52(44-23-12-4-13-24-44)39-53(61-58)45-25-14-5-15-26-45)34-36-54(56)64(59(63)62-51)57-49(42-19-8-2-9-20-42)27-16-28-50(57)43-21-10-3-11-22-43/h1-39H. The Morgan fingerprint density at radius 2 is 0.719 bits per heavy atom. The number of hydrogen-bond acceptors (Lipinski definition) is 3. The van der Waals surface area contributed by atoms with Gasteiger partial charge >= 0.3 is 0 Å². The van der Waals surface area contributed by atoms with Crippen LogP contribution < -0.4 is 0 Å². The molecule has 0 spiro atoms. The highest BCUT2D eigenvalue weighted by Gasteiger charge is 2.23. The molecule has 0 amide bonds. The predicted octanol–water partition coefficient (Wildman–Crippen LogP) is 14.9. The molecule has 12 aromatic rings. The molecule has 3 heterocycles. The molecule has 12 rings (SSSR count). The van der Waals surface area contributed by atoms with Gasteiger partial charge in [-0.25, -0.2) is 15.0 Å². The predicted molar refractivity (Wildman–Crippen MR) is 263 cm³/mol. The molecule has 5 heteroatoms. The smallest absolute Gasteiger partial charge is 0.220 e. The summed E-state index contributed by atoms with van der Waals surface area (Å²) < 4.78 is 4.72. The van der Waals surface area contributed by atoms with Crippen LogP contribution in [0, 0.1) is 0 Å². The first kappa shape index (κ1) is 37.1. The van der Waals surface area contributed by atoms with E-state index in [0.717, 1.165) is 101 Å². The Kier molecular flexibility index (Phi) is 9.08. The highest BCUT2D eigenvalue weighted by molar-refractivity contribution is 5.98. The van der Waals surface area contributed by atoms with Crippen molar-refractivity contribution in [3.8, 4) is 84.1 Å². The second-order valence-corrected chi connectivity index (χ2v) is 16.1. The van der Waals surface area contributed by atoms with E-state index < -0.39 is 0 Å². The minimum Gasteiger partial charge on any atom is -0.277 e. The van der Waals surface area contributed by atoms with Crippen LogP contribution in [0.25, 0.3) is 112 Å². The summed E-state index contributed by atoms with van der Waals surface area (Å²) >= 11 is 0. The molecule has 0 saturated carbocycles. The van der Waals surface area contributed by atoms with E-state index in [1.54, 1.807) is 0 Å². The van der Waals surface area contributed by atoms with Gasteiger partial charge in [-0.15, -0.1) is 0 Å². The first-order valence-corrected chi connectivity index (χ1v) is 21.6. The summed E-state index contributed by atoms with van der Waals surface area (Å²) in [7, 11) is 0. The quantitative estimate of drug-likeness (QED) is 0.153. The van der Waals surface area contributed by atoms with Crippen molar-refractivity contribution >= 4 is 27.8 Å². The summed E-state index contributed by atoms with van der Waals surface area (Å²) in [6, 6.07) is 83.3. The van der Waals surface area contributed by atoms with Crippen molar-refractivity contribution in [3.63, 3.8) is 0 Å². The van der Waals surface area contributed by atoms with Gasteiger partial charge in [-0.05, 0) is 63.7 Å². The van der Waals surface area contributed by atoms with Crippen LogP contribution in [-0.2, 0) is 0 Å². The molecule has 0 fully saturated rings. The molecule has 300 valence electrons. The van der Waals surface area contributed by atoms with Crippen LogP contribution in [0.2, 0.25) is 0 Å². The molecule has 0 N–H and O–H groups in total. The second-order valence-electron chi connectivity index (χ2n) is 16.1. The van der Waals surface area contributed by atoms with Crippen molar-refractivity contribution in [2.45, 2.75) is 0 Å². The van der Waals surface area contributed by atoms with E-state index >= 15 is 0 Å². The monoisotopic (exact) mass is 817 g/mol. The van der Waals surface area contributed by atoms with Gasteiger partial charge in [0, 0.05) is 27.8 Å².